The molecule has 1 N–H and O–H groups in total. The maximum atomic E-state index is 4.52. The summed E-state index contributed by atoms with van der Waals surface area (Å²) in [5.41, 5.74) is 3.84. The molecule has 2 aromatic heterocycles. The van der Waals surface area contributed by atoms with Crippen molar-refractivity contribution in [3.63, 3.8) is 0 Å². The molecule has 0 saturated carbocycles. The molecule has 24 heavy (non-hydrogen) atoms. The van der Waals surface area contributed by atoms with Gasteiger partial charge in [0.05, 0.1) is 0 Å². The summed E-state index contributed by atoms with van der Waals surface area (Å²) in [5, 5.41) is 3.37. The van der Waals surface area contributed by atoms with Gasteiger partial charge in [-0.25, -0.2) is 9.97 Å². The van der Waals surface area contributed by atoms with Crippen molar-refractivity contribution in [2.24, 2.45) is 0 Å². The van der Waals surface area contributed by atoms with Gasteiger partial charge in [0.2, 0.25) is 0 Å². The number of pyridine rings is 1. The number of hydrogen-bond donors (Lipinski definition) is 1. The second-order valence-corrected chi connectivity index (χ2v) is 7.03. The van der Waals surface area contributed by atoms with E-state index >= 15 is 0 Å². The lowest BCUT2D eigenvalue weighted by atomic mass is 10.2. The van der Waals surface area contributed by atoms with Crippen LogP contribution < -0.4 is 5.32 Å². The first-order chi connectivity index (χ1) is 11.9. The summed E-state index contributed by atoms with van der Waals surface area (Å²) in [6, 6.07) is 12.4. The van der Waals surface area contributed by atoms with Crippen LogP contribution in [0.4, 0.5) is 11.5 Å². The quantitative estimate of drug-likeness (QED) is 0.788. The van der Waals surface area contributed by atoms with Crippen LogP contribution in [-0.4, -0.2) is 44.4 Å². The minimum atomic E-state index is 0.657. The number of rotatable bonds is 4. The van der Waals surface area contributed by atoms with Gasteiger partial charge in [-0.3, -0.25) is 9.88 Å². The van der Waals surface area contributed by atoms with Gasteiger partial charge >= 0.3 is 0 Å². The Kier molecular flexibility index (Phi) is 4.57. The Morgan fingerprint density at radius 1 is 1.04 bits per heavy atom. The van der Waals surface area contributed by atoms with Crippen LogP contribution in [0.3, 0.4) is 0 Å². The molecule has 0 bridgehead atoms. The first kappa shape index (κ1) is 15.4. The Morgan fingerprint density at radius 2 is 1.92 bits per heavy atom. The van der Waals surface area contributed by atoms with Crippen molar-refractivity contribution in [1.82, 2.24) is 19.9 Å². The third-order valence-corrected chi connectivity index (χ3v) is 4.98. The van der Waals surface area contributed by atoms with Gasteiger partial charge in [0.1, 0.15) is 11.3 Å². The standard InChI is InChI=1S/C18H19N5S/c1-2-14(13-23-8-10-24-11-9-23)12-15(3-1)21-17-5-4-16-18(22-17)20-7-6-19-16/h1-7,12H,8-11,13H2,(H,20,21,22). The molecule has 0 radical (unpaired) electrons. The Balaban J connectivity index is 1.50. The maximum absolute atomic E-state index is 4.52. The van der Waals surface area contributed by atoms with Crippen molar-refractivity contribution in [3.8, 4) is 0 Å². The molecule has 122 valence electrons. The average Bonchev–Trinajstić information content (AvgIpc) is 2.63. The predicted octanol–water partition coefficient (Wildman–Crippen LogP) is 3.32. The number of thioether (sulfide) groups is 1. The van der Waals surface area contributed by atoms with E-state index in [4.69, 9.17) is 0 Å². The first-order valence-corrected chi connectivity index (χ1v) is 9.26. The van der Waals surface area contributed by atoms with E-state index in [0.717, 1.165) is 23.6 Å². The highest BCUT2D eigenvalue weighted by Crippen LogP contribution is 2.20. The smallest absolute Gasteiger partial charge is 0.180 e. The Hall–Kier alpha value is -2.18. The van der Waals surface area contributed by atoms with Crippen molar-refractivity contribution in [2.75, 3.05) is 29.9 Å². The Morgan fingerprint density at radius 3 is 2.83 bits per heavy atom. The molecule has 3 aromatic rings. The van der Waals surface area contributed by atoms with E-state index in [1.165, 1.54) is 30.2 Å². The van der Waals surface area contributed by atoms with Gasteiger partial charge in [-0.15, -0.1) is 0 Å². The zero-order chi connectivity index (χ0) is 16.2. The van der Waals surface area contributed by atoms with Crippen LogP contribution in [0.15, 0.2) is 48.8 Å². The minimum Gasteiger partial charge on any atom is -0.340 e. The molecule has 1 aliphatic heterocycles. The summed E-state index contributed by atoms with van der Waals surface area (Å²) < 4.78 is 0. The second kappa shape index (κ2) is 7.15. The Labute approximate surface area is 145 Å². The predicted molar refractivity (Wildman–Crippen MR) is 99.7 cm³/mol. The third-order valence-electron chi connectivity index (χ3n) is 4.04. The molecule has 0 spiro atoms. The molecule has 1 aliphatic rings. The Bertz CT molecular complexity index is 832. The van der Waals surface area contributed by atoms with Gasteiger partial charge < -0.3 is 5.32 Å². The largest absolute Gasteiger partial charge is 0.340 e. The molecule has 5 nitrogen and oxygen atoms in total. The molecule has 0 amide bonds. The summed E-state index contributed by atoms with van der Waals surface area (Å²) in [5.74, 6) is 3.26. The monoisotopic (exact) mass is 337 g/mol. The van der Waals surface area contributed by atoms with Gasteiger partial charge in [0, 0.05) is 49.2 Å². The molecule has 3 heterocycles. The number of fused-ring (bicyclic) bond motifs is 1. The van der Waals surface area contributed by atoms with Crippen LogP contribution in [0, 0.1) is 0 Å². The van der Waals surface area contributed by atoms with E-state index in [1.807, 2.05) is 23.9 Å². The topological polar surface area (TPSA) is 53.9 Å². The van der Waals surface area contributed by atoms with Gasteiger partial charge in [-0.2, -0.15) is 11.8 Å². The van der Waals surface area contributed by atoms with E-state index in [9.17, 15) is 0 Å². The first-order valence-electron chi connectivity index (χ1n) is 8.11. The molecule has 0 aliphatic carbocycles. The fraction of sp³-hybridized carbons (Fsp3) is 0.278. The van der Waals surface area contributed by atoms with Crippen molar-refractivity contribution in [1.29, 1.82) is 0 Å². The van der Waals surface area contributed by atoms with Crippen molar-refractivity contribution < 1.29 is 0 Å². The summed E-state index contributed by atoms with van der Waals surface area (Å²) >= 11 is 2.04. The molecular formula is C18H19N5S. The SMILES string of the molecule is c1cc(CN2CCSCC2)cc(Nc2ccc3nccnc3n2)c1. The van der Waals surface area contributed by atoms with Crippen LogP contribution in [0.5, 0.6) is 0 Å². The highest BCUT2D eigenvalue weighted by molar-refractivity contribution is 7.99. The lowest BCUT2D eigenvalue weighted by Gasteiger charge is -2.26. The molecule has 1 saturated heterocycles. The van der Waals surface area contributed by atoms with Gasteiger partial charge in [0.15, 0.2) is 5.65 Å². The maximum Gasteiger partial charge on any atom is 0.180 e. The van der Waals surface area contributed by atoms with E-state index in [2.05, 4.69) is 49.4 Å². The van der Waals surface area contributed by atoms with Crippen molar-refractivity contribution in [3.05, 3.63) is 54.4 Å². The number of nitrogens with one attached hydrogen (secondary N) is 1. The summed E-state index contributed by atoms with van der Waals surface area (Å²) in [4.78, 5) is 15.5. The van der Waals surface area contributed by atoms with Crippen molar-refractivity contribution >= 4 is 34.4 Å². The van der Waals surface area contributed by atoms with E-state index in [-0.39, 0.29) is 0 Å². The van der Waals surface area contributed by atoms with E-state index < -0.39 is 0 Å². The lowest BCUT2D eigenvalue weighted by molar-refractivity contribution is 0.294. The number of benzene rings is 1. The number of nitrogens with zero attached hydrogens (tertiary/aromatic N) is 4. The summed E-state index contributed by atoms with van der Waals surface area (Å²) in [7, 11) is 0. The molecule has 0 unspecified atom stereocenters. The van der Waals surface area contributed by atoms with Gasteiger partial charge in [0.25, 0.3) is 0 Å². The molecule has 1 fully saturated rings. The van der Waals surface area contributed by atoms with Crippen LogP contribution >= 0.6 is 11.8 Å². The van der Waals surface area contributed by atoms with E-state index in [0.29, 0.717) is 5.65 Å². The highest BCUT2D eigenvalue weighted by atomic mass is 32.2. The normalized spacial score (nSPS) is 15.5. The summed E-state index contributed by atoms with van der Waals surface area (Å²) in [6.07, 6.45) is 3.34. The lowest BCUT2D eigenvalue weighted by Crippen LogP contribution is -2.31. The van der Waals surface area contributed by atoms with Crippen LogP contribution in [0.25, 0.3) is 11.2 Å². The van der Waals surface area contributed by atoms with Gasteiger partial charge in [-0.1, -0.05) is 12.1 Å². The zero-order valence-corrected chi connectivity index (χ0v) is 14.2. The minimum absolute atomic E-state index is 0.657. The average molecular weight is 337 g/mol. The number of anilines is 2. The number of hydrogen-bond acceptors (Lipinski definition) is 6. The molecule has 1 aromatic carbocycles. The van der Waals surface area contributed by atoms with Crippen molar-refractivity contribution in [2.45, 2.75) is 6.54 Å². The van der Waals surface area contributed by atoms with Crippen LogP contribution in [-0.2, 0) is 6.54 Å². The van der Waals surface area contributed by atoms with E-state index in [1.54, 1.807) is 12.4 Å². The van der Waals surface area contributed by atoms with Gasteiger partial charge in [-0.05, 0) is 29.8 Å². The molecule has 4 rings (SSSR count). The fourth-order valence-corrected chi connectivity index (χ4v) is 3.82. The zero-order valence-electron chi connectivity index (χ0n) is 13.4. The molecular weight excluding hydrogens is 318 g/mol. The summed E-state index contributed by atoms with van der Waals surface area (Å²) in [6.45, 7) is 3.35. The van der Waals surface area contributed by atoms with Crippen LogP contribution in [0.2, 0.25) is 0 Å². The second-order valence-electron chi connectivity index (χ2n) is 5.81. The molecule has 0 atom stereocenters. The highest BCUT2D eigenvalue weighted by Gasteiger charge is 2.11. The molecule has 6 heteroatoms. The number of aromatic nitrogens is 3. The fourth-order valence-electron chi connectivity index (χ4n) is 2.84. The van der Waals surface area contributed by atoms with Crippen LogP contribution in [0.1, 0.15) is 5.56 Å². The third kappa shape index (κ3) is 3.66.